The standard InChI is InChI=1S/C12H23NO3/c1-14-9-12(4-5-12)8-13-6-10(15-2)11(7-13)16-3/h10-11H,4-9H2,1-3H3/t10-,11+. The van der Waals surface area contributed by atoms with Crippen LogP contribution in [0.3, 0.4) is 0 Å². The summed E-state index contributed by atoms with van der Waals surface area (Å²) in [5.41, 5.74) is 0.426. The molecular formula is C12H23NO3. The maximum atomic E-state index is 5.44. The van der Waals surface area contributed by atoms with E-state index in [0.29, 0.717) is 5.41 Å². The Morgan fingerprint density at radius 1 is 1.06 bits per heavy atom. The van der Waals surface area contributed by atoms with Crippen LogP contribution in [0.15, 0.2) is 0 Å². The second-order valence-electron chi connectivity index (χ2n) is 5.18. The number of nitrogens with zero attached hydrogens (tertiary/aromatic N) is 1. The minimum Gasteiger partial charge on any atom is -0.384 e. The van der Waals surface area contributed by atoms with Crippen LogP contribution in [0.4, 0.5) is 0 Å². The zero-order chi connectivity index (χ0) is 11.6. The topological polar surface area (TPSA) is 30.9 Å². The predicted molar refractivity (Wildman–Crippen MR) is 61.6 cm³/mol. The fraction of sp³-hybridized carbons (Fsp3) is 1.00. The van der Waals surface area contributed by atoms with Crippen molar-refractivity contribution in [3.63, 3.8) is 0 Å². The summed E-state index contributed by atoms with van der Waals surface area (Å²) >= 11 is 0. The van der Waals surface area contributed by atoms with E-state index in [1.165, 1.54) is 12.8 Å². The third-order valence-electron chi connectivity index (χ3n) is 3.86. The van der Waals surface area contributed by atoms with Crippen LogP contribution in [0.5, 0.6) is 0 Å². The molecule has 1 saturated carbocycles. The van der Waals surface area contributed by atoms with Crippen molar-refractivity contribution < 1.29 is 14.2 Å². The molecule has 0 radical (unpaired) electrons. The second-order valence-corrected chi connectivity index (χ2v) is 5.18. The molecule has 1 aliphatic carbocycles. The summed E-state index contributed by atoms with van der Waals surface area (Å²) in [6, 6.07) is 0. The molecule has 4 heteroatoms. The smallest absolute Gasteiger partial charge is 0.0971 e. The van der Waals surface area contributed by atoms with E-state index in [0.717, 1.165) is 26.2 Å². The number of methoxy groups -OCH3 is 3. The molecule has 0 aromatic rings. The molecule has 0 N–H and O–H groups in total. The Hall–Kier alpha value is -0.160. The van der Waals surface area contributed by atoms with Gasteiger partial charge in [0.1, 0.15) is 0 Å². The highest BCUT2D eigenvalue weighted by molar-refractivity contribution is 4.98. The third kappa shape index (κ3) is 2.56. The average molecular weight is 229 g/mol. The van der Waals surface area contributed by atoms with Crippen molar-refractivity contribution in [1.29, 1.82) is 0 Å². The average Bonchev–Trinajstić information content (AvgIpc) is 2.91. The van der Waals surface area contributed by atoms with Crippen LogP contribution >= 0.6 is 0 Å². The molecule has 2 atom stereocenters. The summed E-state index contributed by atoms with van der Waals surface area (Å²) < 4.78 is 16.2. The molecule has 16 heavy (non-hydrogen) atoms. The first kappa shape index (κ1) is 12.3. The zero-order valence-electron chi connectivity index (χ0n) is 10.6. The maximum absolute atomic E-state index is 5.44. The van der Waals surface area contributed by atoms with Crippen molar-refractivity contribution in [1.82, 2.24) is 4.90 Å². The van der Waals surface area contributed by atoms with Crippen molar-refractivity contribution in [2.24, 2.45) is 5.41 Å². The van der Waals surface area contributed by atoms with Crippen LogP contribution < -0.4 is 0 Å². The first-order valence-corrected chi connectivity index (χ1v) is 6.00. The van der Waals surface area contributed by atoms with Gasteiger partial charge in [0.15, 0.2) is 0 Å². The molecule has 1 heterocycles. The lowest BCUT2D eigenvalue weighted by atomic mass is 10.1. The Bertz CT molecular complexity index is 218. The van der Waals surface area contributed by atoms with E-state index in [9.17, 15) is 0 Å². The summed E-state index contributed by atoms with van der Waals surface area (Å²) in [6.45, 7) is 3.99. The molecule has 0 amide bonds. The van der Waals surface area contributed by atoms with Gasteiger partial charge in [-0.25, -0.2) is 0 Å². The molecule has 4 nitrogen and oxygen atoms in total. The molecule has 94 valence electrons. The van der Waals surface area contributed by atoms with Gasteiger partial charge in [-0.15, -0.1) is 0 Å². The quantitative estimate of drug-likeness (QED) is 0.673. The van der Waals surface area contributed by atoms with E-state index in [2.05, 4.69) is 4.90 Å². The number of hydrogen-bond donors (Lipinski definition) is 0. The fourth-order valence-electron chi connectivity index (χ4n) is 2.71. The van der Waals surface area contributed by atoms with Gasteiger partial charge in [-0.1, -0.05) is 0 Å². The van der Waals surface area contributed by atoms with Crippen LogP contribution in [0.1, 0.15) is 12.8 Å². The highest BCUT2D eigenvalue weighted by Gasteiger charge is 2.46. The normalized spacial score (nSPS) is 33.2. The lowest BCUT2D eigenvalue weighted by Crippen LogP contribution is -2.31. The van der Waals surface area contributed by atoms with Crippen LogP contribution in [-0.4, -0.2) is 64.7 Å². The Kier molecular flexibility index (Phi) is 3.85. The van der Waals surface area contributed by atoms with Crippen LogP contribution in [0.2, 0.25) is 0 Å². The van der Waals surface area contributed by atoms with Gasteiger partial charge < -0.3 is 14.2 Å². The predicted octanol–water partition coefficient (Wildman–Crippen LogP) is 0.759. The van der Waals surface area contributed by atoms with Crippen molar-refractivity contribution in [2.45, 2.75) is 25.0 Å². The van der Waals surface area contributed by atoms with Crippen LogP contribution in [0, 0.1) is 5.41 Å². The number of rotatable bonds is 6. The second kappa shape index (κ2) is 5.00. The summed E-state index contributed by atoms with van der Waals surface area (Å²) in [7, 11) is 5.32. The monoisotopic (exact) mass is 229 g/mol. The van der Waals surface area contributed by atoms with Crippen LogP contribution in [0.25, 0.3) is 0 Å². The minimum atomic E-state index is 0.225. The summed E-state index contributed by atoms with van der Waals surface area (Å²) in [5.74, 6) is 0. The lowest BCUT2D eigenvalue weighted by Gasteiger charge is -2.22. The van der Waals surface area contributed by atoms with Crippen molar-refractivity contribution in [2.75, 3.05) is 47.6 Å². The first-order chi connectivity index (χ1) is 7.73. The first-order valence-electron chi connectivity index (χ1n) is 6.00. The van der Waals surface area contributed by atoms with Gasteiger partial charge in [0.2, 0.25) is 0 Å². The van der Waals surface area contributed by atoms with Crippen LogP contribution in [-0.2, 0) is 14.2 Å². The molecule has 1 aliphatic heterocycles. The van der Waals surface area contributed by atoms with Gasteiger partial charge in [0.05, 0.1) is 18.8 Å². The summed E-state index contributed by atoms with van der Waals surface area (Å²) in [5, 5.41) is 0. The lowest BCUT2D eigenvalue weighted by molar-refractivity contribution is -0.00461. The molecule has 1 saturated heterocycles. The molecule has 0 aromatic carbocycles. The zero-order valence-corrected chi connectivity index (χ0v) is 10.6. The van der Waals surface area contributed by atoms with Gasteiger partial charge in [0, 0.05) is 46.4 Å². The third-order valence-corrected chi connectivity index (χ3v) is 3.86. The molecule has 0 bridgehead atoms. The van der Waals surface area contributed by atoms with Crippen molar-refractivity contribution >= 4 is 0 Å². The molecule has 2 fully saturated rings. The fourth-order valence-corrected chi connectivity index (χ4v) is 2.71. The number of ether oxygens (including phenoxy) is 3. The SMILES string of the molecule is COCC1(CN2C[C@H](OC)[C@H](OC)C2)CC1. The van der Waals surface area contributed by atoms with E-state index in [1.54, 1.807) is 21.3 Å². The molecule has 0 spiro atoms. The number of likely N-dealkylation sites (tertiary alicyclic amines) is 1. The molecule has 0 unspecified atom stereocenters. The maximum Gasteiger partial charge on any atom is 0.0971 e. The van der Waals surface area contributed by atoms with Gasteiger partial charge in [-0.05, 0) is 12.8 Å². The van der Waals surface area contributed by atoms with Gasteiger partial charge in [-0.2, -0.15) is 0 Å². The van der Waals surface area contributed by atoms with E-state index in [-0.39, 0.29) is 12.2 Å². The Balaban J connectivity index is 1.83. The van der Waals surface area contributed by atoms with Gasteiger partial charge in [0.25, 0.3) is 0 Å². The van der Waals surface area contributed by atoms with Gasteiger partial charge in [-0.3, -0.25) is 4.90 Å². The molecule has 2 rings (SSSR count). The van der Waals surface area contributed by atoms with Crippen molar-refractivity contribution in [3.8, 4) is 0 Å². The van der Waals surface area contributed by atoms with E-state index < -0.39 is 0 Å². The number of hydrogen-bond acceptors (Lipinski definition) is 4. The Labute approximate surface area is 97.8 Å². The Morgan fingerprint density at radius 3 is 2.00 bits per heavy atom. The van der Waals surface area contributed by atoms with E-state index in [4.69, 9.17) is 14.2 Å². The highest BCUT2D eigenvalue weighted by Crippen LogP contribution is 2.46. The van der Waals surface area contributed by atoms with E-state index in [1.807, 2.05) is 0 Å². The van der Waals surface area contributed by atoms with Gasteiger partial charge >= 0.3 is 0 Å². The molecular weight excluding hydrogens is 206 g/mol. The van der Waals surface area contributed by atoms with Crippen molar-refractivity contribution in [3.05, 3.63) is 0 Å². The molecule has 0 aromatic heterocycles. The summed E-state index contributed by atoms with van der Waals surface area (Å²) in [6.07, 6.45) is 3.05. The molecule has 2 aliphatic rings. The summed E-state index contributed by atoms with van der Waals surface area (Å²) in [4.78, 5) is 2.45. The minimum absolute atomic E-state index is 0.225. The Morgan fingerprint density at radius 2 is 1.62 bits per heavy atom. The highest BCUT2D eigenvalue weighted by atomic mass is 16.5. The van der Waals surface area contributed by atoms with E-state index >= 15 is 0 Å². The largest absolute Gasteiger partial charge is 0.384 e.